The second-order valence-electron chi connectivity index (χ2n) is 15.3. The van der Waals surface area contributed by atoms with E-state index in [9.17, 15) is 9.59 Å². The first-order valence-corrected chi connectivity index (χ1v) is 21.3. The highest BCUT2D eigenvalue weighted by Gasteiger charge is 2.31. The van der Waals surface area contributed by atoms with E-state index in [0.717, 1.165) is 64.5 Å². The van der Waals surface area contributed by atoms with Gasteiger partial charge in [0.2, 0.25) is 0 Å². The second kappa shape index (κ2) is 24.4. The van der Waals surface area contributed by atoms with Crippen molar-refractivity contribution in [3.05, 3.63) is 144 Å². The lowest BCUT2D eigenvalue weighted by Gasteiger charge is -2.38. The van der Waals surface area contributed by atoms with Gasteiger partial charge < -0.3 is 9.47 Å². The molecule has 0 spiro atoms. The van der Waals surface area contributed by atoms with Crippen LogP contribution < -0.4 is 0 Å². The largest absolute Gasteiger partial charge is 0.462 e. The Bertz CT molecular complexity index is 1520. The van der Waals surface area contributed by atoms with Crippen LogP contribution in [0.15, 0.2) is 121 Å². The summed E-state index contributed by atoms with van der Waals surface area (Å²) in [6.45, 7) is 14.3. The number of esters is 2. The van der Waals surface area contributed by atoms with Crippen LogP contribution in [-0.4, -0.2) is 46.0 Å². The number of carbonyl (C=O) groups is 2. The molecule has 0 aliphatic heterocycles. The smallest absolute Gasteiger partial charge is 0.307 e. The standard InChI is InChI=1S/C50H68N2O4/c1-7-47(8-2)55-49(53)35-45(51(37-41-25-15-11-16-26-41)39(5)43-29-19-13-20-30-43)33-23-24-34-46(36-50(54)56-48(9-3)10-4)52(38-42-27-17-12-18-28-42)40(6)44-31-21-14-22-32-44/h11-22,25-32,39-40,45-48H,7-10,23-24,33-38H2,1-6H3/t39-,40+,45-,46+. The Morgan fingerprint density at radius 1 is 0.482 bits per heavy atom. The van der Waals surface area contributed by atoms with Crippen LogP contribution in [0.1, 0.15) is 140 Å². The average molecular weight is 761 g/mol. The Morgan fingerprint density at radius 3 is 1.09 bits per heavy atom. The molecule has 56 heavy (non-hydrogen) atoms. The van der Waals surface area contributed by atoms with Gasteiger partial charge in [0.05, 0.1) is 12.8 Å². The molecule has 0 bridgehead atoms. The number of unbranched alkanes of at least 4 members (excludes halogenated alkanes) is 1. The summed E-state index contributed by atoms with van der Waals surface area (Å²) < 4.78 is 12.1. The van der Waals surface area contributed by atoms with Crippen LogP contribution in [0.25, 0.3) is 0 Å². The van der Waals surface area contributed by atoms with Crippen LogP contribution in [0, 0.1) is 0 Å². The molecule has 0 saturated heterocycles. The van der Waals surface area contributed by atoms with E-state index in [4.69, 9.17) is 9.47 Å². The normalized spacial score (nSPS) is 13.8. The first-order chi connectivity index (χ1) is 27.3. The summed E-state index contributed by atoms with van der Waals surface area (Å²) in [5.74, 6) is -0.260. The lowest BCUT2D eigenvalue weighted by Crippen LogP contribution is -2.40. The molecule has 4 aromatic carbocycles. The number of ether oxygens (including phenoxy) is 2. The molecule has 0 aromatic heterocycles. The fourth-order valence-electron chi connectivity index (χ4n) is 7.89. The van der Waals surface area contributed by atoms with E-state index in [0.29, 0.717) is 12.8 Å². The summed E-state index contributed by atoms with van der Waals surface area (Å²) in [5, 5.41) is 0. The topological polar surface area (TPSA) is 59.1 Å². The summed E-state index contributed by atoms with van der Waals surface area (Å²) in [5.41, 5.74) is 4.89. The number of benzene rings is 4. The van der Waals surface area contributed by atoms with Crippen LogP contribution in [-0.2, 0) is 32.2 Å². The molecule has 302 valence electrons. The summed E-state index contributed by atoms with van der Waals surface area (Å²) in [6, 6.07) is 42.5. The minimum Gasteiger partial charge on any atom is -0.462 e. The van der Waals surface area contributed by atoms with Crippen molar-refractivity contribution in [2.24, 2.45) is 0 Å². The highest BCUT2D eigenvalue weighted by Crippen LogP contribution is 2.32. The predicted octanol–water partition coefficient (Wildman–Crippen LogP) is 12.1. The van der Waals surface area contributed by atoms with Gasteiger partial charge in [-0.1, -0.05) is 162 Å². The molecule has 4 rings (SSSR count). The molecule has 6 heteroatoms. The van der Waals surface area contributed by atoms with E-state index in [1.807, 2.05) is 0 Å². The monoisotopic (exact) mass is 761 g/mol. The molecule has 6 nitrogen and oxygen atoms in total. The van der Waals surface area contributed by atoms with Gasteiger partial charge in [-0.15, -0.1) is 0 Å². The Morgan fingerprint density at radius 2 is 0.786 bits per heavy atom. The first-order valence-electron chi connectivity index (χ1n) is 21.3. The van der Waals surface area contributed by atoms with Crippen molar-refractivity contribution in [3.8, 4) is 0 Å². The van der Waals surface area contributed by atoms with Gasteiger partial charge in [-0.3, -0.25) is 19.4 Å². The molecule has 0 N–H and O–H groups in total. The lowest BCUT2D eigenvalue weighted by molar-refractivity contribution is -0.152. The maximum Gasteiger partial charge on any atom is 0.307 e. The molecule has 0 fully saturated rings. The molecular formula is C50H68N2O4. The molecule has 0 aliphatic carbocycles. The predicted molar refractivity (Wildman–Crippen MR) is 230 cm³/mol. The van der Waals surface area contributed by atoms with Gasteiger partial charge in [-0.25, -0.2) is 0 Å². The highest BCUT2D eigenvalue weighted by atomic mass is 16.5. The molecule has 0 aliphatic rings. The molecule has 0 saturated carbocycles. The fourth-order valence-corrected chi connectivity index (χ4v) is 7.89. The van der Waals surface area contributed by atoms with Crippen LogP contribution in [0.5, 0.6) is 0 Å². The van der Waals surface area contributed by atoms with Crippen molar-refractivity contribution in [2.75, 3.05) is 0 Å². The first kappa shape index (κ1) is 44.5. The summed E-state index contributed by atoms with van der Waals surface area (Å²) >= 11 is 0. The third-order valence-corrected chi connectivity index (χ3v) is 11.5. The highest BCUT2D eigenvalue weighted by molar-refractivity contribution is 5.70. The molecule has 4 atom stereocenters. The van der Waals surface area contributed by atoms with Crippen LogP contribution in [0.3, 0.4) is 0 Å². The van der Waals surface area contributed by atoms with Crippen molar-refractivity contribution >= 4 is 11.9 Å². The van der Waals surface area contributed by atoms with Crippen molar-refractivity contribution < 1.29 is 19.1 Å². The fraction of sp³-hybridized carbons (Fsp3) is 0.480. The van der Waals surface area contributed by atoms with Crippen molar-refractivity contribution in [2.45, 2.75) is 155 Å². The molecule has 0 amide bonds. The third kappa shape index (κ3) is 14.4. The van der Waals surface area contributed by atoms with Gasteiger partial charge in [0, 0.05) is 37.3 Å². The van der Waals surface area contributed by atoms with Gasteiger partial charge in [0.15, 0.2) is 0 Å². The van der Waals surface area contributed by atoms with Gasteiger partial charge in [0.1, 0.15) is 12.2 Å². The van der Waals surface area contributed by atoms with E-state index in [-0.39, 0.29) is 48.3 Å². The Labute approximate surface area is 338 Å². The van der Waals surface area contributed by atoms with E-state index < -0.39 is 0 Å². The molecular weight excluding hydrogens is 693 g/mol. The van der Waals surface area contributed by atoms with Crippen molar-refractivity contribution in [3.63, 3.8) is 0 Å². The summed E-state index contributed by atoms with van der Waals surface area (Å²) in [4.78, 5) is 32.3. The number of hydrogen-bond donors (Lipinski definition) is 0. The SMILES string of the molecule is CCC(CC)OC(=O)C[C@@H](CCCC[C@@H](CC(=O)OC(CC)CC)N(Cc1ccccc1)[C@@H](C)c1ccccc1)N(Cc1ccccc1)[C@H](C)c1ccccc1. The Hall–Kier alpha value is -4.26. The van der Waals surface area contributed by atoms with Crippen molar-refractivity contribution in [1.82, 2.24) is 9.80 Å². The lowest BCUT2D eigenvalue weighted by atomic mass is 9.95. The summed E-state index contributed by atoms with van der Waals surface area (Å²) in [6.07, 6.45) is 7.24. The molecule has 4 aromatic rings. The number of rotatable bonds is 25. The van der Waals surface area contributed by atoms with Crippen LogP contribution in [0.2, 0.25) is 0 Å². The van der Waals surface area contributed by atoms with E-state index in [1.165, 1.54) is 22.3 Å². The quantitative estimate of drug-likeness (QED) is 0.0495. The van der Waals surface area contributed by atoms with Gasteiger partial charge in [-0.05, 0) is 74.6 Å². The van der Waals surface area contributed by atoms with Gasteiger partial charge in [-0.2, -0.15) is 0 Å². The molecule has 0 radical (unpaired) electrons. The zero-order chi connectivity index (χ0) is 40.1. The third-order valence-electron chi connectivity index (χ3n) is 11.5. The molecule has 0 heterocycles. The number of nitrogens with zero attached hydrogens (tertiary/aromatic N) is 2. The van der Waals surface area contributed by atoms with Crippen molar-refractivity contribution in [1.29, 1.82) is 0 Å². The summed E-state index contributed by atoms with van der Waals surface area (Å²) in [7, 11) is 0. The maximum atomic E-state index is 13.7. The Kier molecular flexibility index (Phi) is 19.4. The number of hydrogen-bond acceptors (Lipinski definition) is 6. The number of carbonyl (C=O) groups excluding carboxylic acids is 2. The van der Waals surface area contributed by atoms with Gasteiger partial charge in [0.25, 0.3) is 0 Å². The van der Waals surface area contributed by atoms with Crippen LogP contribution in [0.4, 0.5) is 0 Å². The van der Waals surface area contributed by atoms with E-state index >= 15 is 0 Å². The van der Waals surface area contributed by atoms with E-state index in [1.54, 1.807) is 0 Å². The average Bonchev–Trinajstić information content (AvgIpc) is 3.24. The van der Waals surface area contributed by atoms with E-state index in [2.05, 4.69) is 173 Å². The zero-order valence-electron chi connectivity index (χ0n) is 35.0. The second-order valence-corrected chi connectivity index (χ2v) is 15.3. The maximum absolute atomic E-state index is 13.7. The molecule has 0 unspecified atom stereocenters. The minimum atomic E-state index is -0.130. The Balaban J connectivity index is 1.62. The van der Waals surface area contributed by atoms with Crippen LogP contribution >= 0.6 is 0 Å². The van der Waals surface area contributed by atoms with Gasteiger partial charge >= 0.3 is 11.9 Å². The zero-order valence-corrected chi connectivity index (χ0v) is 35.0. The minimum absolute atomic E-state index is 0.0331.